The Labute approximate surface area is 74.4 Å². The summed E-state index contributed by atoms with van der Waals surface area (Å²) in [7, 11) is 0. The molecule has 0 spiro atoms. The highest BCUT2D eigenvalue weighted by molar-refractivity contribution is 5.25. The van der Waals surface area contributed by atoms with Crippen molar-refractivity contribution < 1.29 is 13.2 Å². The van der Waals surface area contributed by atoms with E-state index in [0.717, 1.165) is 0 Å². The first-order chi connectivity index (χ1) is 6.09. The third-order valence-corrected chi connectivity index (χ3v) is 2.34. The van der Waals surface area contributed by atoms with Crippen molar-refractivity contribution in [2.45, 2.75) is 18.5 Å². The lowest BCUT2D eigenvalue weighted by atomic mass is 10.1. The quantitative estimate of drug-likeness (QED) is 0.630. The van der Waals surface area contributed by atoms with Crippen LogP contribution in [-0.4, -0.2) is 6.18 Å². The largest absolute Gasteiger partial charge is 0.392 e. The molecule has 13 heavy (non-hydrogen) atoms. The van der Waals surface area contributed by atoms with Crippen LogP contribution in [0.15, 0.2) is 24.3 Å². The van der Waals surface area contributed by atoms with Gasteiger partial charge < -0.3 is 0 Å². The van der Waals surface area contributed by atoms with Gasteiger partial charge >= 0.3 is 6.18 Å². The SMILES string of the molecule is FC(F)(F)C1CC1c1[c]cccc1. The lowest BCUT2D eigenvalue weighted by Crippen LogP contribution is -2.11. The van der Waals surface area contributed by atoms with Gasteiger partial charge in [0.1, 0.15) is 0 Å². The molecule has 1 radical (unpaired) electrons. The lowest BCUT2D eigenvalue weighted by molar-refractivity contribution is -0.148. The van der Waals surface area contributed by atoms with Crippen molar-refractivity contribution in [3.63, 3.8) is 0 Å². The minimum absolute atomic E-state index is 0.226. The van der Waals surface area contributed by atoms with Crippen molar-refractivity contribution in [1.82, 2.24) is 0 Å². The van der Waals surface area contributed by atoms with Gasteiger partial charge in [0, 0.05) is 0 Å². The molecule has 69 valence electrons. The van der Waals surface area contributed by atoms with Crippen LogP contribution in [-0.2, 0) is 0 Å². The summed E-state index contributed by atoms with van der Waals surface area (Å²) in [5.74, 6) is -1.48. The van der Waals surface area contributed by atoms with Gasteiger partial charge in [-0.3, -0.25) is 0 Å². The molecule has 1 saturated carbocycles. The van der Waals surface area contributed by atoms with Gasteiger partial charge in [-0.05, 0) is 24.0 Å². The fraction of sp³-hybridized carbons (Fsp3) is 0.400. The number of hydrogen-bond acceptors (Lipinski definition) is 0. The summed E-state index contributed by atoms with van der Waals surface area (Å²) in [6.07, 6.45) is -3.81. The summed E-state index contributed by atoms with van der Waals surface area (Å²) in [5.41, 5.74) is 0.685. The smallest absolute Gasteiger partial charge is 0.171 e. The zero-order valence-electron chi connectivity index (χ0n) is 6.81. The van der Waals surface area contributed by atoms with Crippen LogP contribution >= 0.6 is 0 Å². The van der Waals surface area contributed by atoms with Gasteiger partial charge in [-0.2, -0.15) is 13.2 Å². The van der Waals surface area contributed by atoms with Crippen molar-refractivity contribution >= 4 is 0 Å². The first-order valence-electron chi connectivity index (χ1n) is 4.12. The summed E-state index contributed by atoms with van der Waals surface area (Å²) < 4.78 is 36.5. The molecule has 0 aliphatic heterocycles. The number of halogens is 3. The molecule has 2 unspecified atom stereocenters. The number of hydrogen-bond donors (Lipinski definition) is 0. The Morgan fingerprint density at radius 2 is 2.08 bits per heavy atom. The molecule has 2 rings (SSSR count). The van der Waals surface area contributed by atoms with Crippen LogP contribution < -0.4 is 0 Å². The van der Waals surface area contributed by atoms with Crippen molar-refractivity contribution in [3.05, 3.63) is 35.9 Å². The van der Waals surface area contributed by atoms with E-state index in [-0.39, 0.29) is 12.3 Å². The van der Waals surface area contributed by atoms with Crippen LogP contribution in [0.2, 0.25) is 0 Å². The standard InChI is InChI=1S/C10H8F3/c11-10(12,13)9-6-8(9)7-4-2-1-3-5-7/h1-4,8-9H,6H2. The first-order valence-corrected chi connectivity index (χ1v) is 4.12. The van der Waals surface area contributed by atoms with E-state index in [2.05, 4.69) is 6.07 Å². The molecule has 0 bridgehead atoms. The zero-order chi connectivity index (χ0) is 9.47. The fourth-order valence-electron chi connectivity index (χ4n) is 1.54. The van der Waals surface area contributed by atoms with Gasteiger partial charge in [0.05, 0.1) is 5.92 Å². The molecule has 3 heteroatoms. The molecule has 2 atom stereocenters. The molecule has 1 fully saturated rings. The topological polar surface area (TPSA) is 0 Å². The average molecular weight is 185 g/mol. The predicted octanol–water partition coefficient (Wildman–Crippen LogP) is 3.15. The Morgan fingerprint density at radius 3 is 2.54 bits per heavy atom. The van der Waals surface area contributed by atoms with Crippen LogP contribution in [0.1, 0.15) is 17.9 Å². The molecule has 0 heterocycles. The summed E-state index contributed by atoms with van der Waals surface area (Å²) in [5, 5.41) is 0. The summed E-state index contributed by atoms with van der Waals surface area (Å²) in [4.78, 5) is 0. The normalized spacial score (nSPS) is 27.3. The Hall–Kier alpha value is -0.990. The monoisotopic (exact) mass is 185 g/mol. The minimum Gasteiger partial charge on any atom is -0.171 e. The average Bonchev–Trinajstić information content (AvgIpc) is 2.83. The molecule has 0 N–H and O–H groups in total. The van der Waals surface area contributed by atoms with Crippen LogP contribution in [0.5, 0.6) is 0 Å². The molecule has 0 saturated heterocycles. The summed E-state index contributed by atoms with van der Waals surface area (Å²) in [6.45, 7) is 0. The third kappa shape index (κ3) is 1.69. The minimum atomic E-state index is -4.03. The third-order valence-electron chi connectivity index (χ3n) is 2.34. The second-order valence-electron chi connectivity index (χ2n) is 3.31. The fourth-order valence-corrected chi connectivity index (χ4v) is 1.54. The maximum absolute atomic E-state index is 12.2. The van der Waals surface area contributed by atoms with Crippen molar-refractivity contribution in [2.24, 2.45) is 5.92 Å². The summed E-state index contributed by atoms with van der Waals surface area (Å²) in [6, 6.07) is 9.70. The molecule has 1 aliphatic carbocycles. The maximum Gasteiger partial charge on any atom is 0.392 e. The van der Waals surface area contributed by atoms with Crippen molar-refractivity contribution in [2.75, 3.05) is 0 Å². The van der Waals surface area contributed by atoms with E-state index in [1.807, 2.05) is 0 Å². The van der Waals surface area contributed by atoms with E-state index in [1.165, 1.54) is 0 Å². The predicted molar refractivity (Wildman–Crippen MR) is 42.2 cm³/mol. The molecule has 0 nitrogen and oxygen atoms in total. The van der Waals surface area contributed by atoms with Gasteiger partial charge in [0.15, 0.2) is 0 Å². The molecule has 0 amide bonds. The van der Waals surface area contributed by atoms with Gasteiger partial charge in [-0.25, -0.2) is 0 Å². The Balaban J connectivity index is 2.09. The molecule has 1 aromatic rings. The van der Waals surface area contributed by atoms with Crippen molar-refractivity contribution in [3.8, 4) is 0 Å². The van der Waals surface area contributed by atoms with E-state index in [9.17, 15) is 13.2 Å². The second-order valence-corrected chi connectivity index (χ2v) is 3.31. The van der Waals surface area contributed by atoms with E-state index < -0.39 is 12.1 Å². The summed E-state index contributed by atoms with van der Waals surface area (Å²) >= 11 is 0. The van der Waals surface area contributed by atoms with E-state index in [4.69, 9.17) is 0 Å². The highest BCUT2D eigenvalue weighted by Crippen LogP contribution is 2.55. The van der Waals surface area contributed by atoms with Crippen molar-refractivity contribution in [1.29, 1.82) is 0 Å². The highest BCUT2D eigenvalue weighted by Gasteiger charge is 2.55. The van der Waals surface area contributed by atoms with Gasteiger partial charge in [-0.1, -0.05) is 24.3 Å². The first kappa shape index (κ1) is 8.60. The van der Waals surface area contributed by atoms with E-state index >= 15 is 0 Å². The molecule has 1 aromatic carbocycles. The number of alkyl halides is 3. The molecule has 0 aromatic heterocycles. The highest BCUT2D eigenvalue weighted by atomic mass is 19.4. The van der Waals surface area contributed by atoms with Crippen LogP contribution in [0.3, 0.4) is 0 Å². The Kier molecular flexibility index (Phi) is 1.82. The Morgan fingerprint density at radius 1 is 1.31 bits per heavy atom. The van der Waals surface area contributed by atoms with E-state index in [0.29, 0.717) is 5.56 Å². The number of rotatable bonds is 1. The van der Waals surface area contributed by atoms with Crippen LogP contribution in [0, 0.1) is 12.0 Å². The molecule has 1 aliphatic rings. The second kappa shape index (κ2) is 2.76. The molecular weight excluding hydrogens is 177 g/mol. The number of benzene rings is 1. The van der Waals surface area contributed by atoms with Gasteiger partial charge in [0.25, 0.3) is 0 Å². The van der Waals surface area contributed by atoms with Crippen LogP contribution in [0.4, 0.5) is 13.2 Å². The van der Waals surface area contributed by atoms with Gasteiger partial charge in [0.2, 0.25) is 0 Å². The zero-order valence-corrected chi connectivity index (χ0v) is 6.81. The maximum atomic E-state index is 12.2. The molecular formula is C10H8F3. The Bertz CT molecular complexity index is 289. The van der Waals surface area contributed by atoms with E-state index in [1.54, 1.807) is 24.3 Å². The lowest BCUT2D eigenvalue weighted by Gasteiger charge is -2.04. The van der Waals surface area contributed by atoms with Crippen LogP contribution in [0.25, 0.3) is 0 Å². The van der Waals surface area contributed by atoms with Gasteiger partial charge in [-0.15, -0.1) is 0 Å².